The zero-order chi connectivity index (χ0) is 13.5. The molecule has 0 aliphatic heterocycles. The number of Topliss-reactive ketones (excluding diaryl/α,β-unsaturated/α-hetero) is 1. The molecule has 0 radical (unpaired) electrons. The van der Waals surface area contributed by atoms with E-state index in [4.69, 9.17) is 0 Å². The van der Waals surface area contributed by atoms with Crippen LogP contribution in [0.4, 0.5) is 4.39 Å². The number of carbonyl (C=O) groups is 1. The van der Waals surface area contributed by atoms with Gasteiger partial charge < -0.3 is 0 Å². The maximum Gasteiger partial charge on any atom is 0.162 e. The molecule has 0 bridgehead atoms. The van der Waals surface area contributed by atoms with Crippen molar-refractivity contribution in [3.63, 3.8) is 0 Å². The molecule has 4 heteroatoms. The molecule has 0 spiro atoms. The molecule has 2 rings (SSSR count). The minimum atomic E-state index is -0.256. The molecule has 0 unspecified atom stereocenters. The summed E-state index contributed by atoms with van der Waals surface area (Å²) in [6.07, 6.45) is 3.22. The number of benzene rings is 1. The second kappa shape index (κ2) is 6.69. The Morgan fingerprint density at radius 1 is 1.28 bits per heavy atom. The summed E-state index contributed by atoms with van der Waals surface area (Å²) in [5, 5.41) is 4.06. The van der Waals surface area contributed by atoms with Gasteiger partial charge >= 0.3 is 0 Å². The SMILES string of the molecule is CC.CC(=O)c1cnn(Cc2ccc(F)cc2)c1. The first-order valence-corrected chi connectivity index (χ1v) is 5.93. The highest BCUT2D eigenvalue weighted by Crippen LogP contribution is 2.06. The number of rotatable bonds is 3. The smallest absolute Gasteiger partial charge is 0.162 e. The number of carbonyl (C=O) groups excluding carboxylic acids is 1. The van der Waals surface area contributed by atoms with Crippen molar-refractivity contribution in [3.05, 3.63) is 53.6 Å². The van der Waals surface area contributed by atoms with E-state index < -0.39 is 0 Å². The Kier molecular flexibility index (Phi) is 5.24. The maximum atomic E-state index is 12.7. The van der Waals surface area contributed by atoms with Crippen molar-refractivity contribution in [1.29, 1.82) is 0 Å². The van der Waals surface area contributed by atoms with E-state index in [0.29, 0.717) is 12.1 Å². The fourth-order valence-corrected chi connectivity index (χ4v) is 1.41. The second-order valence-electron chi connectivity index (χ2n) is 3.61. The molecule has 0 fully saturated rings. The van der Waals surface area contributed by atoms with E-state index >= 15 is 0 Å². The first-order chi connectivity index (χ1) is 8.65. The molecular formula is C14H17FN2O. The van der Waals surface area contributed by atoms with Gasteiger partial charge in [0, 0.05) is 6.20 Å². The lowest BCUT2D eigenvalue weighted by atomic mass is 10.2. The van der Waals surface area contributed by atoms with Crippen molar-refractivity contribution in [2.24, 2.45) is 0 Å². The highest BCUT2D eigenvalue weighted by Gasteiger charge is 2.03. The Balaban J connectivity index is 0.000000771. The van der Waals surface area contributed by atoms with Crippen LogP contribution in [0.5, 0.6) is 0 Å². The largest absolute Gasteiger partial charge is 0.294 e. The third kappa shape index (κ3) is 3.80. The molecule has 0 saturated carbocycles. The van der Waals surface area contributed by atoms with E-state index in [1.54, 1.807) is 23.0 Å². The highest BCUT2D eigenvalue weighted by molar-refractivity contribution is 5.93. The number of halogens is 1. The van der Waals surface area contributed by atoms with E-state index in [1.165, 1.54) is 25.3 Å². The minimum Gasteiger partial charge on any atom is -0.294 e. The van der Waals surface area contributed by atoms with Gasteiger partial charge in [0.2, 0.25) is 0 Å². The number of hydrogen-bond acceptors (Lipinski definition) is 2. The van der Waals surface area contributed by atoms with Gasteiger partial charge in [0.25, 0.3) is 0 Å². The number of hydrogen-bond donors (Lipinski definition) is 0. The summed E-state index contributed by atoms with van der Waals surface area (Å²) in [6, 6.07) is 6.21. The van der Waals surface area contributed by atoms with Crippen LogP contribution in [0.25, 0.3) is 0 Å². The first-order valence-electron chi connectivity index (χ1n) is 5.93. The Morgan fingerprint density at radius 3 is 2.39 bits per heavy atom. The van der Waals surface area contributed by atoms with Gasteiger partial charge in [0.15, 0.2) is 5.78 Å². The van der Waals surface area contributed by atoms with E-state index in [2.05, 4.69) is 5.10 Å². The normalized spacial score (nSPS) is 9.56. The number of aromatic nitrogens is 2. The van der Waals surface area contributed by atoms with Crippen LogP contribution in [0.1, 0.15) is 36.7 Å². The van der Waals surface area contributed by atoms with E-state index in [1.807, 2.05) is 13.8 Å². The third-order valence-electron chi connectivity index (χ3n) is 2.30. The van der Waals surface area contributed by atoms with Crippen LogP contribution < -0.4 is 0 Å². The van der Waals surface area contributed by atoms with E-state index in [9.17, 15) is 9.18 Å². The Bertz CT molecular complexity index is 503. The molecule has 0 N–H and O–H groups in total. The van der Waals surface area contributed by atoms with Gasteiger partial charge in [-0.15, -0.1) is 0 Å². The van der Waals surface area contributed by atoms with Crippen molar-refractivity contribution in [3.8, 4) is 0 Å². The topological polar surface area (TPSA) is 34.9 Å². The summed E-state index contributed by atoms with van der Waals surface area (Å²) in [5.74, 6) is -0.265. The molecular weight excluding hydrogens is 231 g/mol. The number of ketones is 1. The average molecular weight is 248 g/mol. The molecule has 0 saturated heterocycles. The molecule has 0 atom stereocenters. The summed E-state index contributed by atoms with van der Waals surface area (Å²) >= 11 is 0. The Labute approximate surface area is 106 Å². The van der Waals surface area contributed by atoms with Crippen molar-refractivity contribution in [2.75, 3.05) is 0 Å². The fourth-order valence-electron chi connectivity index (χ4n) is 1.41. The van der Waals surface area contributed by atoms with Gasteiger partial charge in [0.05, 0.1) is 18.3 Å². The predicted molar refractivity (Wildman–Crippen MR) is 69.1 cm³/mol. The minimum absolute atomic E-state index is 0.00893. The molecule has 1 heterocycles. The van der Waals surface area contributed by atoms with Gasteiger partial charge in [-0.05, 0) is 24.6 Å². The van der Waals surface area contributed by atoms with Gasteiger partial charge in [0.1, 0.15) is 5.82 Å². The Morgan fingerprint density at radius 2 is 1.89 bits per heavy atom. The third-order valence-corrected chi connectivity index (χ3v) is 2.30. The molecule has 96 valence electrons. The molecule has 0 amide bonds. The summed E-state index contributed by atoms with van der Waals surface area (Å²) in [7, 11) is 0. The fraction of sp³-hybridized carbons (Fsp3) is 0.286. The standard InChI is InChI=1S/C12H11FN2O.C2H6/c1-9(16)11-6-14-15(8-11)7-10-2-4-12(13)5-3-10;1-2/h2-6,8H,7H2,1H3;1-2H3. The summed E-state index contributed by atoms with van der Waals surface area (Å²) in [5.41, 5.74) is 1.53. The van der Waals surface area contributed by atoms with Crippen molar-refractivity contribution in [1.82, 2.24) is 9.78 Å². The first kappa shape index (κ1) is 14.1. The zero-order valence-corrected chi connectivity index (χ0v) is 10.9. The molecule has 0 aliphatic carbocycles. The zero-order valence-electron chi connectivity index (χ0n) is 10.9. The van der Waals surface area contributed by atoms with Crippen LogP contribution in [0, 0.1) is 5.82 Å². The molecule has 18 heavy (non-hydrogen) atoms. The molecule has 1 aromatic heterocycles. The quantitative estimate of drug-likeness (QED) is 0.781. The van der Waals surface area contributed by atoms with Crippen LogP contribution >= 0.6 is 0 Å². The molecule has 3 nitrogen and oxygen atoms in total. The lowest BCUT2D eigenvalue weighted by molar-refractivity contribution is 0.101. The van der Waals surface area contributed by atoms with Crippen molar-refractivity contribution in [2.45, 2.75) is 27.3 Å². The maximum absolute atomic E-state index is 12.7. The molecule has 1 aromatic carbocycles. The highest BCUT2D eigenvalue weighted by atomic mass is 19.1. The molecule has 0 aliphatic rings. The van der Waals surface area contributed by atoms with Crippen LogP contribution in [0.3, 0.4) is 0 Å². The summed E-state index contributed by atoms with van der Waals surface area (Å²) in [4.78, 5) is 11.1. The van der Waals surface area contributed by atoms with Crippen molar-refractivity contribution >= 4 is 5.78 Å². The van der Waals surface area contributed by atoms with E-state index in [-0.39, 0.29) is 11.6 Å². The summed E-state index contributed by atoms with van der Waals surface area (Å²) < 4.78 is 14.3. The summed E-state index contributed by atoms with van der Waals surface area (Å²) in [6.45, 7) is 6.03. The second-order valence-corrected chi connectivity index (χ2v) is 3.61. The lowest BCUT2D eigenvalue weighted by Crippen LogP contribution is -2.00. The predicted octanol–water partition coefficient (Wildman–Crippen LogP) is 3.30. The lowest BCUT2D eigenvalue weighted by Gasteiger charge is -2.00. The van der Waals surface area contributed by atoms with Crippen LogP contribution in [0.2, 0.25) is 0 Å². The Hall–Kier alpha value is -1.97. The van der Waals surface area contributed by atoms with Crippen LogP contribution in [-0.4, -0.2) is 15.6 Å². The van der Waals surface area contributed by atoms with Gasteiger partial charge in [-0.1, -0.05) is 26.0 Å². The van der Waals surface area contributed by atoms with Gasteiger partial charge in [-0.3, -0.25) is 9.48 Å². The van der Waals surface area contributed by atoms with Crippen LogP contribution in [-0.2, 0) is 6.54 Å². The van der Waals surface area contributed by atoms with E-state index in [0.717, 1.165) is 5.56 Å². The average Bonchev–Trinajstić information content (AvgIpc) is 2.83. The molecule has 2 aromatic rings. The van der Waals surface area contributed by atoms with Gasteiger partial charge in [-0.2, -0.15) is 5.10 Å². The van der Waals surface area contributed by atoms with Crippen molar-refractivity contribution < 1.29 is 9.18 Å². The van der Waals surface area contributed by atoms with Crippen LogP contribution in [0.15, 0.2) is 36.7 Å². The number of nitrogens with zero attached hydrogens (tertiary/aromatic N) is 2. The van der Waals surface area contributed by atoms with Gasteiger partial charge in [-0.25, -0.2) is 4.39 Å². The monoisotopic (exact) mass is 248 g/mol.